The summed E-state index contributed by atoms with van der Waals surface area (Å²) >= 11 is 6.32. The molecule has 0 bridgehead atoms. The maximum Gasteiger partial charge on any atom is 0.339 e. The van der Waals surface area contributed by atoms with Crippen molar-refractivity contribution in [1.82, 2.24) is 0 Å². The van der Waals surface area contributed by atoms with Gasteiger partial charge in [0.25, 0.3) is 0 Å². The summed E-state index contributed by atoms with van der Waals surface area (Å²) in [6.07, 6.45) is 3.52. The van der Waals surface area contributed by atoms with Crippen LogP contribution in [0.1, 0.15) is 29.5 Å². The smallest absolute Gasteiger partial charge is 0.339 e. The van der Waals surface area contributed by atoms with Crippen molar-refractivity contribution in [3.05, 3.63) is 74.1 Å². The molecule has 0 saturated heterocycles. The first kappa shape index (κ1) is 17.0. The molecule has 0 unspecified atom stereocenters. The molecule has 6 heteroatoms. The van der Waals surface area contributed by atoms with E-state index in [1.807, 2.05) is 0 Å². The van der Waals surface area contributed by atoms with Crippen molar-refractivity contribution in [2.45, 2.75) is 32.3 Å². The minimum atomic E-state index is -0.692. The average molecular weight is 377 g/mol. The molecule has 4 rings (SSSR count). The van der Waals surface area contributed by atoms with Gasteiger partial charge in [0.15, 0.2) is 0 Å². The van der Waals surface area contributed by atoms with Gasteiger partial charge in [0.2, 0.25) is 0 Å². The van der Waals surface area contributed by atoms with Crippen LogP contribution in [-0.4, -0.2) is 0 Å². The summed E-state index contributed by atoms with van der Waals surface area (Å²) < 4.78 is 37.7. The fourth-order valence-electron chi connectivity index (χ4n) is 3.35. The highest BCUT2D eigenvalue weighted by Crippen LogP contribution is 2.34. The average Bonchev–Trinajstić information content (AvgIpc) is 2.62. The Morgan fingerprint density at radius 1 is 1.08 bits per heavy atom. The maximum atomic E-state index is 13.7. The van der Waals surface area contributed by atoms with Crippen LogP contribution in [0.2, 0.25) is 5.02 Å². The Labute approximate surface area is 153 Å². The van der Waals surface area contributed by atoms with Crippen LogP contribution >= 0.6 is 11.6 Å². The molecular formula is C20H15ClF2O3. The SMILES string of the molecule is O=c1oc2cc(OCc3ccc(F)cc3F)c(Cl)cc2c2c1CCCC2. The first-order valence-corrected chi connectivity index (χ1v) is 8.75. The van der Waals surface area contributed by atoms with Gasteiger partial charge in [0, 0.05) is 28.6 Å². The first-order chi connectivity index (χ1) is 12.5. The molecule has 0 spiro atoms. The zero-order valence-electron chi connectivity index (χ0n) is 13.8. The van der Waals surface area contributed by atoms with E-state index in [4.69, 9.17) is 20.8 Å². The Morgan fingerprint density at radius 2 is 1.85 bits per heavy atom. The largest absolute Gasteiger partial charge is 0.487 e. The van der Waals surface area contributed by atoms with Crippen LogP contribution in [0.5, 0.6) is 5.75 Å². The molecule has 0 atom stereocenters. The van der Waals surface area contributed by atoms with Crippen LogP contribution in [0.15, 0.2) is 39.5 Å². The number of hydrogen-bond donors (Lipinski definition) is 0. The van der Waals surface area contributed by atoms with E-state index in [-0.39, 0.29) is 23.5 Å². The van der Waals surface area contributed by atoms with E-state index in [0.717, 1.165) is 47.9 Å². The van der Waals surface area contributed by atoms with E-state index in [2.05, 4.69) is 0 Å². The normalized spacial score (nSPS) is 13.7. The Bertz CT molecular complexity index is 1060. The zero-order chi connectivity index (χ0) is 18.3. The van der Waals surface area contributed by atoms with E-state index >= 15 is 0 Å². The monoisotopic (exact) mass is 376 g/mol. The summed E-state index contributed by atoms with van der Waals surface area (Å²) in [4.78, 5) is 12.2. The van der Waals surface area contributed by atoms with E-state index < -0.39 is 11.6 Å². The Morgan fingerprint density at radius 3 is 2.62 bits per heavy atom. The van der Waals surface area contributed by atoms with Crippen LogP contribution < -0.4 is 10.4 Å². The molecule has 1 aromatic heterocycles. The summed E-state index contributed by atoms with van der Waals surface area (Å²) in [5.41, 5.74) is 1.98. The highest BCUT2D eigenvalue weighted by Gasteiger charge is 2.19. The van der Waals surface area contributed by atoms with Crippen molar-refractivity contribution in [3.63, 3.8) is 0 Å². The second kappa shape index (κ2) is 6.72. The topological polar surface area (TPSA) is 39.4 Å². The molecule has 26 heavy (non-hydrogen) atoms. The molecule has 3 aromatic rings. The molecule has 0 aliphatic heterocycles. The van der Waals surface area contributed by atoms with Crippen molar-refractivity contribution < 1.29 is 17.9 Å². The molecular weight excluding hydrogens is 362 g/mol. The fraction of sp³-hybridized carbons (Fsp3) is 0.250. The summed E-state index contributed by atoms with van der Waals surface area (Å²) in [5.74, 6) is -1.06. The molecule has 1 aliphatic carbocycles. The van der Waals surface area contributed by atoms with Gasteiger partial charge in [-0.25, -0.2) is 13.6 Å². The number of ether oxygens (including phenoxy) is 1. The number of rotatable bonds is 3. The third-order valence-electron chi connectivity index (χ3n) is 4.67. The highest BCUT2D eigenvalue weighted by molar-refractivity contribution is 6.32. The standard InChI is InChI=1S/C20H15ClF2O3/c21-16-8-15-13-3-1-2-4-14(13)20(24)26-18(15)9-19(16)25-10-11-5-6-12(22)7-17(11)23/h5-9H,1-4,10H2. The van der Waals surface area contributed by atoms with E-state index in [1.54, 1.807) is 12.1 Å². The van der Waals surface area contributed by atoms with Gasteiger partial charge in [-0.3, -0.25) is 0 Å². The molecule has 0 fully saturated rings. The van der Waals surface area contributed by atoms with Gasteiger partial charge in [-0.1, -0.05) is 11.6 Å². The van der Waals surface area contributed by atoms with Crippen molar-refractivity contribution in [1.29, 1.82) is 0 Å². The van der Waals surface area contributed by atoms with Crippen LogP contribution in [-0.2, 0) is 19.4 Å². The van der Waals surface area contributed by atoms with Gasteiger partial charge in [-0.05, 0) is 49.4 Å². The summed E-state index contributed by atoms with van der Waals surface area (Å²) in [6, 6.07) is 6.55. The molecule has 134 valence electrons. The molecule has 0 amide bonds. The predicted molar refractivity (Wildman–Crippen MR) is 94.8 cm³/mol. The zero-order valence-corrected chi connectivity index (χ0v) is 14.5. The molecule has 1 aliphatic rings. The number of hydrogen-bond acceptors (Lipinski definition) is 3. The summed E-state index contributed by atoms with van der Waals surface area (Å²) in [7, 11) is 0. The molecule has 0 radical (unpaired) electrons. The fourth-order valence-corrected chi connectivity index (χ4v) is 3.57. The number of halogens is 3. The summed E-state index contributed by atoms with van der Waals surface area (Å²) in [5, 5.41) is 1.16. The van der Waals surface area contributed by atoms with Gasteiger partial charge < -0.3 is 9.15 Å². The molecule has 0 N–H and O–H groups in total. The minimum Gasteiger partial charge on any atom is -0.487 e. The highest BCUT2D eigenvalue weighted by atomic mass is 35.5. The van der Waals surface area contributed by atoms with Crippen LogP contribution in [0, 0.1) is 11.6 Å². The third-order valence-corrected chi connectivity index (χ3v) is 4.97. The van der Waals surface area contributed by atoms with Crippen LogP contribution in [0.4, 0.5) is 8.78 Å². The van der Waals surface area contributed by atoms with Gasteiger partial charge in [-0.2, -0.15) is 0 Å². The quantitative estimate of drug-likeness (QED) is 0.591. The predicted octanol–water partition coefficient (Wildman–Crippen LogP) is 5.18. The Balaban J connectivity index is 1.70. The van der Waals surface area contributed by atoms with Crippen LogP contribution in [0.3, 0.4) is 0 Å². The van der Waals surface area contributed by atoms with Gasteiger partial charge in [0.05, 0.1) is 5.02 Å². The molecule has 3 nitrogen and oxygen atoms in total. The first-order valence-electron chi connectivity index (χ1n) is 8.38. The molecule has 0 saturated carbocycles. The van der Waals surface area contributed by atoms with Gasteiger partial charge in [0.1, 0.15) is 29.6 Å². The second-order valence-corrected chi connectivity index (χ2v) is 6.76. The van der Waals surface area contributed by atoms with E-state index in [9.17, 15) is 13.6 Å². The van der Waals surface area contributed by atoms with Gasteiger partial charge >= 0.3 is 5.63 Å². The lowest BCUT2D eigenvalue weighted by Gasteiger charge is -2.17. The maximum absolute atomic E-state index is 13.7. The van der Waals surface area contributed by atoms with Crippen molar-refractivity contribution >= 4 is 22.6 Å². The summed E-state index contributed by atoms with van der Waals surface area (Å²) in [6.45, 7) is -0.119. The van der Waals surface area contributed by atoms with Gasteiger partial charge in [-0.15, -0.1) is 0 Å². The van der Waals surface area contributed by atoms with E-state index in [1.165, 1.54) is 6.07 Å². The number of aryl methyl sites for hydroxylation is 1. The van der Waals surface area contributed by atoms with E-state index in [0.29, 0.717) is 17.0 Å². The van der Waals surface area contributed by atoms with Crippen molar-refractivity contribution in [3.8, 4) is 5.75 Å². The molecule has 1 heterocycles. The minimum absolute atomic E-state index is 0.119. The lowest BCUT2D eigenvalue weighted by Crippen LogP contribution is -2.15. The Kier molecular flexibility index (Phi) is 4.41. The van der Waals surface area contributed by atoms with Crippen molar-refractivity contribution in [2.24, 2.45) is 0 Å². The number of benzene rings is 2. The molecule has 2 aromatic carbocycles. The van der Waals surface area contributed by atoms with Crippen molar-refractivity contribution in [2.75, 3.05) is 0 Å². The second-order valence-electron chi connectivity index (χ2n) is 6.36. The Hall–Kier alpha value is -2.40. The lowest BCUT2D eigenvalue weighted by atomic mass is 9.91. The van der Waals surface area contributed by atoms with Crippen LogP contribution in [0.25, 0.3) is 11.0 Å². The lowest BCUT2D eigenvalue weighted by molar-refractivity contribution is 0.299. The third kappa shape index (κ3) is 3.07. The number of fused-ring (bicyclic) bond motifs is 3.